The fourth-order valence-electron chi connectivity index (χ4n) is 2.52. The van der Waals surface area contributed by atoms with Gasteiger partial charge in [-0.3, -0.25) is 9.59 Å². The van der Waals surface area contributed by atoms with E-state index < -0.39 is 6.04 Å². The van der Waals surface area contributed by atoms with Gasteiger partial charge in [0.2, 0.25) is 11.8 Å². The molecule has 1 N–H and O–H groups in total. The van der Waals surface area contributed by atoms with Crippen LogP contribution in [0.5, 0.6) is 0 Å². The third kappa shape index (κ3) is 6.52. The molecule has 0 unspecified atom stereocenters. The summed E-state index contributed by atoms with van der Waals surface area (Å²) in [5.41, 5.74) is 0.635. The Morgan fingerprint density at radius 3 is 2.21 bits per heavy atom. The Morgan fingerprint density at radius 2 is 1.75 bits per heavy atom. The Kier molecular flexibility index (Phi) is 7.74. The van der Waals surface area contributed by atoms with Crippen molar-refractivity contribution in [2.24, 2.45) is 0 Å². The molecule has 5 heteroatoms. The molecule has 0 aliphatic carbocycles. The van der Waals surface area contributed by atoms with Crippen molar-refractivity contribution in [3.05, 3.63) is 34.9 Å². The minimum atomic E-state index is -0.473. The largest absolute Gasteiger partial charge is 0.350 e. The van der Waals surface area contributed by atoms with Gasteiger partial charge in [-0.2, -0.15) is 0 Å². The van der Waals surface area contributed by atoms with Crippen molar-refractivity contribution in [1.82, 2.24) is 10.2 Å². The zero-order chi connectivity index (χ0) is 18.3. The van der Waals surface area contributed by atoms with Gasteiger partial charge in [0.15, 0.2) is 0 Å². The average molecular weight is 353 g/mol. The van der Waals surface area contributed by atoms with Crippen LogP contribution in [0.25, 0.3) is 0 Å². The number of hydrogen-bond donors (Lipinski definition) is 1. The molecule has 1 atom stereocenters. The van der Waals surface area contributed by atoms with Gasteiger partial charge >= 0.3 is 0 Å². The molecular weight excluding hydrogens is 324 g/mol. The molecule has 0 aliphatic rings. The molecule has 2 amide bonds. The van der Waals surface area contributed by atoms with Gasteiger partial charge in [-0.05, 0) is 51.3 Å². The lowest BCUT2D eigenvalue weighted by Crippen LogP contribution is -2.53. The number of rotatable bonds is 7. The molecule has 0 saturated carbocycles. The fourth-order valence-corrected chi connectivity index (χ4v) is 2.64. The van der Waals surface area contributed by atoms with E-state index in [1.165, 1.54) is 0 Å². The van der Waals surface area contributed by atoms with Gasteiger partial charge in [-0.25, -0.2) is 0 Å². The first-order valence-corrected chi connectivity index (χ1v) is 8.91. The second-order valence-electron chi connectivity index (χ2n) is 7.06. The van der Waals surface area contributed by atoms with E-state index >= 15 is 0 Å². The van der Waals surface area contributed by atoms with E-state index in [-0.39, 0.29) is 17.4 Å². The summed E-state index contributed by atoms with van der Waals surface area (Å²) in [7, 11) is 0. The first kappa shape index (κ1) is 20.5. The third-order valence-corrected chi connectivity index (χ3v) is 3.87. The van der Waals surface area contributed by atoms with E-state index in [9.17, 15) is 9.59 Å². The SMILES string of the molecule is CCCC(=O)N(Cc1ccc(Cl)cc1)[C@@H](CC)C(=O)NC(C)(C)C. The molecule has 1 aromatic carbocycles. The lowest BCUT2D eigenvalue weighted by Gasteiger charge is -2.33. The summed E-state index contributed by atoms with van der Waals surface area (Å²) in [4.78, 5) is 27.0. The van der Waals surface area contributed by atoms with Crippen molar-refractivity contribution in [3.8, 4) is 0 Å². The van der Waals surface area contributed by atoms with Crippen molar-refractivity contribution in [1.29, 1.82) is 0 Å². The first-order valence-electron chi connectivity index (χ1n) is 8.53. The van der Waals surface area contributed by atoms with Crippen LogP contribution in [0.15, 0.2) is 24.3 Å². The minimum absolute atomic E-state index is 0.00311. The molecule has 0 saturated heterocycles. The first-order chi connectivity index (χ1) is 11.2. The second-order valence-corrected chi connectivity index (χ2v) is 7.50. The highest BCUT2D eigenvalue weighted by atomic mass is 35.5. The van der Waals surface area contributed by atoms with Crippen LogP contribution in [-0.2, 0) is 16.1 Å². The zero-order valence-electron chi connectivity index (χ0n) is 15.4. The van der Waals surface area contributed by atoms with Crippen LogP contribution in [0, 0.1) is 0 Å². The highest BCUT2D eigenvalue weighted by molar-refractivity contribution is 6.30. The molecule has 0 aromatic heterocycles. The maximum atomic E-state index is 12.7. The monoisotopic (exact) mass is 352 g/mol. The highest BCUT2D eigenvalue weighted by Crippen LogP contribution is 2.17. The van der Waals surface area contributed by atoms with E-state index in [2.05, 4.69) is 5.32 Å². The van der Waals surface area contributed by atoms with Crippen LogP contribution in [-0.4, -0.2) is 28.3 Å². The van der Waals surface area contributed by atoms with Gasteiger partial charge < -0.3 is 10.2 Å². The lowest BCUT2D eigenvalue weighted by atomic mass is 10.0. The molecule has 134 valence electrons. The number of carbonyl (C=O) groups excluding carboxylic acids is 2. The number of amides is 2. The molecule has 24 heavy (non-hydrogen) atoms. The quantitative estimate of drug-likeness (QED) is 0.800. The van der Waals surface area contributed by atoms with E-state index in [1.807, 2.05) is 46.8 Å². The van der Waals surface area contributed by atoms with Crippen LogP contribution in [0.4, 0.5) is 0 Å². The molecule has 0 spiro atoms. The standard InChI is InChI=1S/C19H29ClN2O2/c1-6-8-17(23)22(13-14-9-11-15(20)12-10-14)16(7-2)18(24)21-19(3,4)5/h9-12,16H,6-8,13H2,1-5H3,(H,21,24)/t16-/m0/s1. The topological polar surface area (TPSA) is 49.4 Å². The Morgan fingerprint density at radius 1 is 1.17 bits per heavy atom. The molecule has 1 rings (SSSR count). The molecule has 0 bridgehead atoms. The van der Waals surface area contributed by atoms with Crippen molar-refractivity contribution >= 4 is 23.4 Å². The van der Waals surface area contributed by atoms with E-state index in [1.54, 1.807) is 17.0 Å². The van der Waals surface area contributed by atoms with Crippen molar-refractivity contribution in [2.75, 3.05) is 0 Å². The third-order valence-electron chi connectivity index (χ3n) is 3.61. The van der Waals surface area contributed by atoms with Gasteiger partial charge in [0.05, 0.1) is 0 Å². The normalized spacial score (nSPS) is 12.6. The van der Waals surface area contributed by atoms with Gasteiger partial charge in [0, 0.05) is 23.5 Å². The van der Waals surface area contributed by atoms with Gasteiger partial charge in [0.1, 0.15) is 6.04 Å². The predicted molar refractivity (Wildman–Crippen MR) is 98.9 cm³/mol. The van der Waals surface area contributed by atoms with Crippen LogP contribution in [0.3, 0.4) is 0 Å². The Bertz CT molecular complexity index is 549. The molecular formula is C19H29ClN2O2. The minimum Gasteiger partial charge on any atom is -0.350 e. The Labute approximate surface area is 150 Å². The number of carbonyl (C=O) groups is 2. The van der Waals surface area contributed by atoms with Crippen molar-refractivity contribution in [3.63, 3.8) is 0 Å². The summed E-state index contributed by atoms with van der Waals surface area (Å²) < 4.78 is 0. The summed E-state index contributed by atoms with van der Waals surface area (Å²) in [6.07, 6.45) is 1.77. The molecule has 0 aliphatic heterocycles. The predicted octanol–water partition coefficient (Wildman–Crippen LogP) is 4.16. The van der Waals surface area contributed by atoms with E-state index in [0.29, 0.717) is 24.4 Å². The van der Waals surface area contributed by atoms with Gasteiger partial charge in [-0.1, -0.05) is 37.6 Å². The van der Waals surface area contributed by atoms with Crippen LogP contribution in [0.1, 0.15) is 59.4 Å². The number of nitrogens with one attached hydrogen (secondary N) is 1. The summed E-state index contributed by atoms with van der Waals surface area (Å²) >= 11 is 5.93. The fraction of sp³-hybridized carbons (Fsp3) is 0.579. The van der Waals surface area contributed by atoms with Crippen LogP contribution >= 0.6 is 11.6 Å². The maximum Gasteiger partial charge on any atom is 0.243 e. The molecule has 1 aromatic rings. The summed E-state index contributed by atoms with van der Waals surface area (Å²) in [5, 5.41) is 3.64. The Hall–Kier alpha value is -1.55. The number of benzene rings is 1. The summed E-state index contributed by atoms with van der Waals surface area (Å²) in [6.45, 7) is 10.1. The van der Waals surface area contributed by atoms with Gasteiger partial charge in [-0.15, -0.1) is 0 Å². The van der Waals surface area contributed by atoms with Crippen LogP contribution < -0.4 is 5.32 Å². The molecule has 0 heterocycles. The summed E-state index contributed by atoms with van der Waals surface area (Å²) in [6, 6.07) is 6.91. The Balaban J connectivity index is 3.03. The van der Waals surface area contributed by atoms with Crippen LogP contribution in [0.2, 0.25) is 5.02 Å². The second kappa shape index (κ2) is 9.07. The number of halogens is 1. The van der Waals surface area contributed by atoms with Crippen molar-refractivity contribution in [2.45, 2.75) is 72.0 Å². The van der Waals surface area contributed by atoms with Gasteiger partial charge in [0.25, 0.3) is 0 Å². The lowest BCUT2D eigenvalue weighted by molar-refractivity contribution is -0.142. The molecule has 4 nitrogen and oxygen atoms in total. The number of nitrogens with zero attached hydrogens (tertiary/aromatic N) is 1. The zero-order valence-corrected chi connectivity index (χ0v) is 16.1. The average Bonchev–Trinajstić information content (AvgIpc) is 2.47. The summed E-state index contributed by atoms with van der Waals surface area (Å²) in [5.74, 6) is -0.105. The van der Waals surface area contributed by atoms with Crippen molar-refractivity contribution < 1.29 is 9.59 Å². The maximum absolute atomic E-state index is 12.7. The number of hydrogen-bond acceptors (Lipinski definition) is 2. The molecule has 0 fully saturated rings. The van der Waals surface area contributed by atoms with E-state index in [0.717, 1.165) is 12.0 Å². The smallest absolute Gasteiger partial charge is 0.243 e. The van der Waals surface area contributed by atoms with E-state index in [4.69, 9.17) is 11.6 Å². The highest BCUT2D eigenvalue weighted by Gasteiger charge is 2.30. The molecule has 0 radical (unpaired) electrons.